The van der Waals surface area contributed by atoms with Crippen LogP contribution in [0.2, 0.25) is 0 Å². The molecule has 6 aliphatic rings. The molecule has 7 rings (SSSR count). The Bertz CT molecular complexity index is 4090. The van der Waals surface area contributed by atoms with Crippen molar-refractivity contribution in [3.05, 3.63) is 35.9 Å². The lowest BCUT2D eigenvalue weighted by Gasteiger charge is -2.52. The van der Waals surface area contributed by atoms with Crippen LogP contribution in [0.4, 0.5) is 0 Å². The van der Waals surface area contributed by atoms with E-state index in [-0.39, 0.29) is 0 Å². The molecule has 0 radical (unpaired) electrons. The number of carbonyl (C=O) groups is 18. The zero-order valence-corrected chi connectivity index (χ0v) is 72.9. The van der Waals surface area contributed by atoms with Gasteiger partial charge < -0.3 is 148 Å². The van der Waals surface area contributed by atoms with Crippen molar-refractivity contribution in [2.45, 2.75) is 315 Å². The number of aliphatic hydroxyl groups excluding tert-OH is 1. The van der Waals surface area contributed by atoms with E-state index >= 15 is 0 Å². The summed E-state index contributed by atoms with van der Waals surface area (Å²) in [5, 5.41) is 16.5. The molecule has 0 spiro atoms. The van der Waals surface area contributed by atoms with Crippen molar-refractivity contribution < 1.29 is 224 Å². The Kier molecular flexibility index (Phi) is 39.5. The van der Waals surface area contributed by atoms with E-state index in [0.717, 1.165) is 125 Å². The third kappa shape index (κ3) is 31.0. The minimum Gasteiger partial charge on any atom is -0.463 e. The molecule has 6 aliphatic heterocycles. The van der Waals surface area contributed by atoms with Crippen molar-refractivity contribution in [1.82, 2.24) is 10.6 Å². The number of amides is 2. The van der Waals surface area contributed by atoms with Crippen molar-refractivity contribution >= 4 is 107 Å². The van der Waals surface area contributed by atoms with Gasteiger partial charge in [-0.15, -0.1) is 0 Å². The van der Waals surface area contributed by atoms with Gasteiger partial charge in [-0.2, -0.15) is 0 Å². The zero-order valence-electron chi connectivity index (χ0n) is 72.9. The lowest BCUT2D eigenvalue weighted by molar-refractivity contribution is -0.388. The first-order chi connectivity index (χ1) is 60.2. The SMILES string of the molecule is CC(=O)N[C@H]1[C@H](O[C@H]2[C@@H](OC(C)=O)[C@@H](COC(C)=O)O[C@@H](O[C@H]3[C@H](OC(C)=O)[C@@H](NC(C)=O)[C@H](O[C@H]4[C@@H](OCc5ccccc5)[C@@H](COC(C)=O)O[C@@H](O[C@H]5[C@H](OC(C)=O)[C@@H](OC(C)=O)C(O)O[C@@H]5COC(C)=O)[C@@H]4OC(C)=O)O[C@@H]3COC(C)=O)[C@@H]2OC(C)=O)O[C@H](COC(C)=O)[C@@H](O[C@@H]2O[C@H](COC(C)=O)[C@H](OC(C)=O)[C@H](OC(C)=O)[C@H]2OC(C)=O)[C@@H]1OC(C)=O. The molecule has 3 N–H and O–H groups in total. The van der Waals surface area contributed by atoms with Gasteiger partial charge in [0.25, 0.3) is 0 Å². The van der Waals surface area contributed by atoms with E-state index in [0.29, 0.717) is 5.56 Å². The largest absolute Gasteiger partial charge is 0.463 e. The maximum atomic E-state index is 14.1. The second-order valence-corrected chi connectivity index (χ2v) is 29.6. The molecular weight excluding hydrogens is 1730 g/mol. The van der Waals surface area contributed by atoms with Gasteiger partial charge in [0.2, 0.25) is 11.8 Å². The van der Waals surface area contributed by atoms with E-state index in [1.165, 1.54) is 0 Å². The van der Waals surface area contributed by atoms with Crippen LogP contribution >= 0.6 is 0 Å². The van der Waals surface area contributed by atoms with Crippen LogP contribution in [-0.4, -0.2) is 336 Å². The minimum absolute atomic E-state index is 0.411. The highest BCUT2D eigenvalue weighted by molar-refractivity contribution is 5.75. The molecule has 49 heteroatoms. The molecular formula is C79H106N2O47. The molecule has 1 aromatic carbocycles. The first-order valence-electron chi connectivity index (χ1n) is 39.8. The van der Waals surface area contributed by atoms with Gasteiger partial charge in [-0.3, -0.25) is 86.3 Å². The van der Waals surface area contributed by atoms with Crippen LogP contribution in [-0.2, 0) is 226 Å². The molecule has 6 heterocycles. The van der Waals surface area contributed by atoms with Crippen molar-refractivity contribution in [3.63, 3.8) is 0 Å². The number of esters is 16. The number of carbonyl (C=O) groups excluding carboxylic acids is 18. The highest BCUT2D eigenvalue weighted by atomic mass is 16.8. The fourth-order valence-electron chi connectivity index (χ4n) is 14.5. The number of nitrogens with one attached hydrogen (secondary N) is 2. The van der Waals surface area contributed by atoms with Gasteiger partial charge in [0.1, 0.15) is 125 Å². The summed E-state index contributed by atoms with van der Waals surface area (Å²) in [6.45, 7) is 10.7. The summed E-state index contributed by atoms with van der Waals surface area (Å²) in [6, 6.07) is 4.01. The van der Waals surface area contributed by atoms with Crippen LogP contribution in [0.15, 0.2) is 30.3 Å². The lowest BCUT2D eigenvalue weighted by atomic mass is 9.93. The van der Waals surface area contributed by atoms with Crippen molar-refractivity contribution in [2.75, 3.05) is 39.6 Å². The molecule has 714 valence electrons. The summed E-state index contributed by atoms with van der Waals surface area (Å²) in [6.07, 6.45) is -57.8. The summed E-state index contributed by atoms with van der Waals surface area (Å²) >= 11 is 0. The molecule has 0 saturated carbocycles. The predicted octanol–water partition coefficient (Wildman–Crippen LogP) is -2.46. The van der Waals surface area contributed by atoms with Gasteiger partial charge in [-0.1, -0.05) is 30.3 Å². The summed E-state index contributed by atoms with van der Waals surface area (Å²) in [5.74, 6) is -19.4. The maximum Gasteiger partial charge on any atom is 0.303 e. The fourth-order valence-corrected chi connectivity index (χ4v) is 14.5. The number of ether oxygens (including phenoxy) is 28. The standard InChI is InChI=1S/C79H106N2O47/c1-31(82)80-56-64(110-41(11)92)60(52(27-103-35(5)86)119-75(56)127-66-58(107-24-49-22-20-19-21-23-49)50(25-101-33(3)84)121-77(71(66)115-46(16)97)126-63-51(26-102-34(4)85)118-74(100)70(114-45(15)96)67(63)112-43(13)94)125-79-73(117-48(18)99)69(62(109-40(10)91)55(123-79)30-106-38(8)89)128-76-57(81-32(2)83)65(111-42(12)93)59(53(120-76)28-104-36(6)87)124-78-72(116-47(17)98)68(113-44(14)95)61(108-39(9)90)54(122-78)29-105-37(7)88/h19-23,50-79,100H,24-30H2,1-18H3,(H,80,82)(H,81,83)/t50-,51-,52-,53-,54-,55-,56-,57-,58+,59-,60-,61+,62+,63-,64-,65-,66+,67+,68+,69+,70-,71-,72-,73-,74?,75+,76+,77+,78+,79+/m1/s1. The van der Waals surface area contributed by atoms with Crippen LogP contribution in [0.3, 0.4) is 0 Å². The van der Waals surface area contributed by atoms with E-state index in [4.69, 9.17) is 133 Å². The molecule has 30 atom stereocenters. The highest BCUT2D eigenvalue weighted by Crippen LogP contribution is 2.43. The van der Waals surface area contributed by atoms with Crippen LogP contribution < -0.4 is 10.6 Å². The molecule has 0 aromatic heterocycles. The smallest absolute Gasteiger partial charge is 0.303 e. The Labute approximate surface area is 730 Å². The van der Waals surface area contributed by atoms with Gasteiger partial charge >= 0.3 is 95.5 Å². The van der Waals surface area contributed by atoms with Crippen LogP contribution in [0.25, 0.3) is 0 Å². The van der Waals surface area contributed by atoms with Crippen LogP contribution in [0, 0.1) is 0 Å². The molecule has 49 nitrogen and oxygen atoms in total. The summed E-state index contributed by atoms with van der Waals surface area (Å²) in [7, 11) is 0. The molecule has 1 aromatic rings. The van der Waals surface area contributed by atoms with E-state index in [2.05, 4.69) is 10.6 Å². The van der Waals surface area contributed by atoms with Crippen molar-refractivity contribution in [1.29, 1.82) is 0 Å². The molecule has 2 amide bonds. The summed E-state index contributed by atoms with van der Waals surface area (Å²) < 4.78 is 170. The first kappa shape index (κ1) is 104. The Morgan fingerprint density at radius 2 is 0.477 bits per heavy atom. The zero-order chi connectivity index (χ0) is 95.0. The van der Waals surface area contributed by atoms with Crippen LogP contribution in [0.1, 0.15) is 130 Å². The predicted molar refractivity (Wildman–Crippen MR) is 404 cm³/mol. The summed E-state index contributed by atoms with van der Waals surface area (Å²) in [5.41, 5.74) is 0.437. The lowest BCUT2D eigenvalue weighted by Crippen LogP contribution is -2.72. The van der Waals surface area contributed by atoms with Gasteiger partial charge in [0.05, 0.1) is 6.61 Å². The number of hydrogen-bond acceptors (Lipinski definition) is 47. The molecule has 6 fully saturated rings. The number of hydrogen-bond donors (Lipinski definition) is 3. The third-order valence-corrected chi connectivity index (χ3v) is 18.9. The molecule has 0 bridgehead atoms. The van der Waals surface area contributed by atoms with Crippen LogP contribution in [0.5, 0.6) is 0 Å². The topological polar surface area (TPSA) is 610 Å². The molecule has 128 heavy (non-hydrogen) atoms. The second kappa shape index (κ2) is 48.5. The van der Waals surface area contributed by atoms with Gasteiger partial charge in [-0.25, -0.2) is 0 Å². The maximum absolute atomic E-state index is 14.1. The molecule has 6 saturated heterocycles. The Morgan fingerprint density at radius 3 is 0.789 bits per heavy atom. The number of aliphatic hydroxyl groups is 1. The monoisotopic (exact) mass is 1830 g/mol. The Hall–Kier alpha value is -10.8. The van der Waals surface area contributed by atoms with Crippen molar-refractivity contribution in [3.8, 4) is 0 Å². The second-order valence-electron chi connectivity index (χ2n) is 29.6. The average molecular weight is 1840 g/mol. The quantitative estimate of drug-likeness (QED) is 0.0459. The number of rotatable bonds is 37. The van der Waals surface area contributed by atoms with Gasteiger partial charge in [-0.05, 0) is 5.56 Å². The van der Waals surface area contributed by atoms with E-state index in [1.54, 1.807) is 30.3 Å². The minimum atomic E-state index is -2.42. The van der Waals surface area contributed by atoms with Gasteiger partial charge in [0.15, 0.2) is 98.8 Å². The fraction of sp³-hybridized carbons (Fsp3) is 0.696. The third-order valence-electron chi connectivity index (χ3n) is 18.9. The average Bonchev–Trinajstić information content (AvgIpc) is 0.756. The van der Waals surface area contributed by atoms with Gasteiger partial charge in [0, 0.05) is 125 Å². The van der Waals surface area contributed by atoms with E-state index in [1.807, 2.05) is 0 Å². The Morgan fingerprint density at radius 1 is 0.250 bits per heavy atom. The van der Waals surface area contributed by atoms with Crippen molar-refractivity contribution in [2.24, 2.45) is 0 Å². The van der Waals surface area contributed by atoms with E-state index < -0.39 is 338 Å². The Balaban J connectivity index is 1.45. The summed E-state index contributed by atoms with van der Waals surface area (Å²) in [4.78, 5) is 239. The van der Waals surface area contributed by atoms with E-state index in [9.17, 15) is 91.4 Å². The highest BCUT2D eigenvalue weighted by Gasteiger charge is 2.64. The first-order valence-corrected chi connectivity index (χ1v) is 39.8. The molecule has 0 aliphatic carbocycles. The molecule has 1 unspecified atom stereocenters. The number of benzene rings is 1. The normalized spacial score (nSPS) is 32.5.